The molecule has 0 amide bonds. The molecule has 1 aliphatic carbocycles. The first-order valence-corrected chi connectivity index (χ1v) is 9.45. The number of aliphatic hydroxyl groups excluding tert-OH is 1. The smallest absolute Gasteiger partial charge is 0.203 e. The Hall–Kier alpha value is -2.40. The summed E-state index contributed by atoms with van der Waals surface area (Å²) in [5.74, 6) is 2.50. The zero-order chi connectivity index (χ0) is 19.0. The van der Waals surface area contributed by atoms with Gasteiger partial charge in [-0.25, -0.2) is 0 Å². The Morgan fingerprint density at radius 1 is 0.889 bits per heavy atom. The number of rotatable bonds is 4. The molecule has 1 N–H and O–H groups in total. The average Bonchev–Trinajstić information content (AvgIpc) is 2.71. The van der Waals surface area contributed by atoms with Crippen LogP contribution >= 0.6 is 0 Å². The Kier molecular flexibility index (Phi) is 4.87. The highest BCUT2D eigenvalue weighted by Crippen LogP contribution is 2.46. The van der Waals surface area contributed by atoms with Gasteiger partial charge in [-0.3, -0.25) is 0 Å². The minimum Gasteiger partial charge on any atom is -0.493 e. The molecule has 0 aromatic heterocycles. The van der Waals surface area contributed by atoms with Crippen LogP contribution in [-0.2, 0) is 12.8 Å². The number of hydrogen-bond acceptors (Lipinski definition) is 5. The maximum atomic E-state index is 10.8. The molecule has 0 saturated heterocycles. The van der Waals surface area contributed by atoms with Crippen LogP contribution in [0, 0.1) is 0 Å². The number of aliphatic hydroxyl groups is 1. The summed E-state index contributed by atoms with van der Waals surface area (Å²) in [6, 6.07) is 8.04. The lowest BCUT2D eigenvalue weighted by molar-refractivity contribution is 0.0652. The van der Waals surface area contributed by atoms with Gasteiger partial charge in [-0.15, -0.1) is 0 Å². The van der Waals surface area contributed by atoms with Crippen molar-refractivity contribution in [2.24, 2.45) is 0 Å². The summed E-state index contributed by atoms with van der Waals surface area (Å²) in [6.07, 6.45) is 4.27. The summed E-state index contributed by atoms with van der Waals surface area (Å²) in [7, 11) is 4.78. The molecular weight excluding hydrogens is 344 g/mol. The molecule has 27 heavy (non-hydrogen) atoms. The molecule has 5 nitrogen and oxygen atoms in total. The van der Waals surface area contributed by atoms with Gasteiger partial charge in [0.05, 0.1) is 27.4 Å². The van der Waals surface area contributed by atoms with Crippen molar-refractivity contribution in [3.63, 3.8) is 0 Å². The van der Waals surface area contributed by atoms with Gasteiger partial charge in [0.15, 0.2) is 11.5 Å². The highest BCUT2D eigenvalue weighted by atomic mass is 16.5. The maximum Gasteiger partial charge on any atom is 0.203 e. The van der Waals surface area contributed by atoms with Crippen LogP contribution in [0.3, 0.4) is 0 Å². The van der Waals surface area contributed by atoms with Crippen molar-refractivity contribution >= 4 is 0 Å². The van der Waals surface area contributed by atoms with Crippen LogP contribution in [0.2, 0.25) is 0 Å². The van der Waals surface area contributed by atoms with E-state index in [4.69, 9.17) is 18.9 Å². The van der Waals surface area contributed by atoms with Crippen LogP contribution in [0.4, 0.5) is 0 Å². The Bertz CT molecular complexity index is 820. The van der Waals surface area contributed by atoms with Crippen molar-refractivity contribution in [3.8, 4) is 23.0 Å². The fraction of sp³-hybridized carbons (Fsp3) is 0.455. The molecule has 2 aromatic carbocycles. The first-order chi connectivity index (χ1) is 13.1. The summed E-state index contributed by atoms with van der Waals surface area (Å²) >= 11 is 0. The average molecular weight is 370 g/mol. The van der Waals surface area contributed by atoms with E-state index < -0.39 is 6.10 Å². The third kappa shape index (κ3) is 3.21. The van der Waals surface area contributed by atoms with E-state index in [-0.39, 0.29) is 6.10 Å². The van der Waals surface area contributed by atoms with Crippen molar-refractivity contribution in [1.29, 1.82) is 0 Å². The third-order valence-electron chi connectivity index (χ3n) is 5.60. The Balaban J connectivity index is 1.71. The molecule has 0 bridgehead atoms. The van der Waals surface area contributed by atoms with Crippen LogP contribution in [0.1, 0.15) is 53.7 Å². The molecule has 4 rings (SSSR count). The van der Waals surface area contributed by atoms with Crippen molar-refractivity contribution in [1.82, 2.24) is 0 Å². The second kappa shape index (κ2) is 7.31. The standard InChI is InChI=1S/C22H26O5/c1-24-20-10-15(11-21(25-2)22(20)26-3)18-12-17(23)16-8-13-6-4-5-7-14(13)9-19(16)27-18/h8-11,17-18,23H,4-7,12H2,1-3H3. The molecule has 2 aromatic rings. The number of benzene rings is 2. The van der Waals surface area contributed by atoms with E-state index in [1.165, 1.54) is 24.0 Å². The van der Waals surface area contributed by atoms with Gasteiger partial charge in [-0.05, 0) is 61.1 Å². The molecule has 1 aliphatic heterocycles. The van der Waals surface area contributed by atoms with E-state index in [1.807, 2.05) is 12.1 Å². The number of methoxy groups -OCH3 is 3. The summed E-state index contributed by atoms with van der Waals surface area (Å²) in [6.45, 7) is 0. The number of ether oxygens (including phenoxy) is 4. The monoisotopic (exact) mass is 370 g/mol. The van der Waals surface area contributed by atoms with E-state index in [9.17, 15) is 5.11 Å². The summed E-state index contributed by atoms with van der Waals surface area (Å²) in [5.41, 5.74) is 4.50. The van der Waals surface area contributed by atoms with Gasteiger partial charge in [-0.2, -0.15) is 0 Å². The fourth-order valence-corrected chi connectivity index (χ4v) is 4.17. The van der Waals surface area contributed by atoms with E-state index >= 15 is 0 Å². The second-order valence-electron chi connectivity index (χ2n) is 7.18. The first kappa shape index (κ1) is 18.0. The van der Waals surface area contributed by atoms with Crippen molar-refractivity contribution in [2.45, 2.75) is 44.3 Å². The van der Waals surface area contributed by atoms with E-state index in [0.29, 0.717) is 23.7 Å². The van der Waals surface area contributed by atoms with Crippen LogP contribution in [0.25, 0.3) is 0 Å². The van der Waals surface area contributed by atoms with Gasteiger partial charge in [0, 0.05) is 17.5 Å². The summed E-state index contributed by atoms with van der Waals surface area (Å²) in [4.78, 5) is 0. The van der Waals surface area contributed by atoms with Gasteiger partial charge in [0.2, 0.25) is 5.75 Å². The van der Waals surface area contributed by atoms with Crippen LogP contribution in [0.5, 0.6) is 23.0 Å². The molecule has 0 saturated carbocycles. The lowest BCUT2D eigenvalue weighted by Crippen LogP contribution is -2.20. The normalized spacial score (nSPS) is 20.9. The van der Waals surface area contributed by atoms with Crippen LogP contribution in [-0.4, -0.2) is 26.4 Å². The highest BCUT2D eigenvalue weighted by Gasteiger charge is 2.31. The van der Waals surface area contributed by atoms with Crippen molar-refractivity contribution in [2.75, 3.05) is 21.3 Å². The number of fused-ring (bicyclic) bond motifs is 2. The summed E-state index contributed by atoms with van der Waals surface area (Å²) in [5, 5.41) is 10.8. The number of aryl methyl sites for hydroxylation is 2. The molecule has 2 atom stereocenters. The molecule has 5 heteroatoms. The number of hydrogen-bond donors (Lipinski definition) is 1. The molecule has 2 unspecified atom stereocenters. The predicted molar refractivity (Wildman–Crippen MR) is 102 cm³/mol. The molecular formula is C22H26O5. The van der Waals surface area contributed by atoms with Gasteiger partial charge in [-0.1, -0.05) is 0 Å². The van der Waals surface area contributed by atoms with Gasteiger partial charge in [0.25, 0.3) is 0 Å². The lowest BCUT2D eigenvalue weighted by Gasteiger charge is -2.32. The maximum absolute atomic E-state index is 10.8. The fourth-order valence-electron chi connectivity index (χ4n) is 4.17. The minimum atomic E-state index is -0.551. The largest absolute Gasteiger partial charge is 0.493 e. The molecule has 0 radical (unpaired) electrons. The van der Waals surface area contributed by atoms with Crippen LogP contribution < -0.4 is 18.9 Å². The second-order valence-corrected chi connectivity index (χ2v) is 7.18. The Morgan fingerprint density at radius 2 is 1.52 bits per heavy atom. The van der Waals surface area contributed by atoms with Crippen LogP contribution in [0.15, 0.2) is 24.3 Å². The quantitative estimate of drug-likeness (QED) is 0.876. The SMILES string of the molecule is COc1cc(C2CC(O)c3cc4c(cc3O2)CCCC4)cc(OC)c1OC. The lowest BCUT2D eigenvalue weighted by atomic mass is 9.86. The van der Waals surface area contributed by atoms with Gasteiger partial charge < -0.3 is 24.1 Å². The van der Waals surface area contributed by atoms with E-state index in [2.05, 4.69) is 12.1 Å². The Labute approximate surface area is 159 Å². The Morgan fingerprint density at radius 3 is 2.11 bits per heavy atom. The first-order valence-electron chi connectivity index (χ1n) is 9.45. The molecule has 0 fully saturated rings. The highest BCUT2D eigenvalue weighted by molar-refractivity contribution is 5.55. The topological polar surface area (TPSA) is 57.2 Å². The third-order valence-corrected chi connectivity index (χ3v) is 5.60. The zero-order valence-corrected chi connectivity index (χ0v) is 16.1. The van der Waals surface area contributed by atoms with E-state index in [0.717, 1.165) is 29.7 Å². The molecule has 1 heterocycles. The predicted octanol–water partition coefficient (Wildman–Crippen LogP) is 4.15. The molecule has 144 valence electrons. The summed E-state index contributed by atoms with van der Waals surface area (Å²) < 4.78 is 22.6. The van der Waals surface area contributed by atoms with Crippen molar-refractivity contribution < 1.29 is 24.1 Å². The van der Waals surface area contributed by atoms with Crippen molar-refractivity contribution in [3.05, 3.63) is 46.5 Å². The van der Waals surface area contributed by atoms with E-state index in [1.54, 1.807) is 21.3 Å². The minimum absolute atomic E-state index is 0.275. The molecule has 2 aliphatic rings. The van der Waals surface area contributed by atoms with Gasteiger partial charge in [0.1, 0.15) is 11.9 Å². The molecule has 0 spiro atoms. The van der Waals surface area contributed by atoms with Gasteiger partial charge >= 0.3 is 0 Å². The zero-order valence-electron chi connectivity index (χ0n) is 16.1.